The molecule has 0 spiro atoms. The Balaban J connectivity index is 2.59. The van der Waals surface area contributed by atoms with Crippen molar-refractivity contribution in [3.63, 3.8) is 0 Å². The minimum absolute atomic E-state index is 1.06. The maximum absolute atomic E-state index is 5.56. The lowest BCUT2D eigenvalue weighted by molar-refractivity contribution is 0.456. The molecule has 0 atom stereocenters. The first-order valence-electron chi connectivity index (χ1n) is 2.86. The molecule has 0 bridgehead atoms. The lowest BCUT2D eigenvalue weighted by Crippen LogP contribution is -2.19. The van der Waals surface area contributed by atoms with Gasteiger partial charge in [0.05, 0.1) is 0 Å². The monoisotopic (exact) mass is 107 g/mol. The minimum Gasteiger partial charge on any atom is -0.382 e. The summed E-state index contributed by atoms with van der Waals surface area (Å²) in [5.41, 5.74) is 2.38. The van der Waals surface area contributed by atoms with Crippen LogP contribution in [0.3, 0.4) is 0 Å². The van der Waals surface area contributed by atoms with Gasteiger partial charge in [-0.05, 0) is 12.8 Å². The van der Waals surface area contributed by atoms with Crippen LogP contribution in [0.1, 0.15) is 12.8 Å². The van der Waals surface area contributed by atoms with Crippen LogP contribution in [-0.4, -0.2) is 26.8 Å². The molecule has 0 N–H and O–H groups in total. The fraction of sp³-hybridized carbons (Fsp3) is 0.667. The van der Waals surface area contributed by atoms with Gasteiger partial charge < -0.3 is 4.90 Å². The molecule has 2 heteroatoms. The SMILES string of the molecule is [B]C1=C(N(C)C)CC1. The molecule has 42 valence electrons. The van der Waals surface area contributed by atoms with Crippen LogP contribution in [0.2, 0.25) is 0 Å². The molecule has 1 aliphatic carbocycles. The molecule has 0 unspecified atom stereocenters. The smallest absolute Gasteiger partial charge is 0.110 e. The van der Waals surface area contributed by atoms with Gasteiger partial charge in [0.25, 0.3) is 0 Å². The molecular weight excluding hydrogens is 96.9 g/mol. The van der Waals surface area contributed by atoms with E-state index in [-0.39, 0.29) is 0 Å². The number of rotatable bonds is 1. The maximum atomic E-state index is 5.56. The highest BCUT2D eigenvalue weighted by Gasteiger charge is 2.12. The highest BCUT2D eigenvalue weighted by Crippen LogP contribution is 2.25. The van der Waals surface area contributed by atoms with Crippen LogP contribution >= 0.6 is 0 Å². The predicted octanol–water partition coefficient (Wildman–Crippen LogP) is 0.722. The molecule has 0 aromatic rings. The standard InChI is InChI=1S/C6H10BN/c1-8(2)6-4-3-5(6)7/h3-4H2,1-2H3. The van der Waals surface area contributed by atoms with E-state index in [1.165, 1.54) is 12.1 Å². The van der Waals surface area contributed by atoms with Crippen molar-refractivity contribution in [1.82, 2.24) is 4.90 Å². The van der Waals surface area contributed by atoms with E-state index in [2.05, 4.69) is 4.90 Å². The van der Waals surface area contributed by atoms with Crippen LogP contribution < -0.4 is 0 Å². The highest BCUT2D eigenvalue weighted by atomic mass is 15.1. The van der Waals surface area contributed by atoms with Gasteiger partial charge >= 0.3 is 0 Å². The lowest BCUT2D eigenvalue weighted by atomic mass is 9.79. The fourth-order valence-corrected chi connectivity index (χ4v) is 0.892. The Bertz CT molecular complexity index is 126. The van der Waals surface area contributed by atoms with Crippen molar-refractivity contribution in [2.45, 2.75) is 12.8 Å². The Labute approximate surface area is 51.8 Å². The molecule has 0 saturated carbocycles. The Hall–Kier alpha value is -0.395. The van der Waals surface area contributed by atoms with Crippen LogP contribution in [0.25, 0.3) is 0 Å². The fourth-order valence-electron chi connectivity index (χ4n) is 0.892. The third-order valence-electron chi connectivity index (χ3n) is 1.54. The van der Waals surface area contributed by atoms with Crippen LogP contribution in [0.15, 0.2) is 11.2 Å². The lowest BCUT2D eigenvalue weighted by Gasteiger charge is -2.28. The second-order valence-corrected chi connectivity index (χ2v) is 2.37. The van der Waals surface area contributed by atoms with Crippen LogP contribution in [0.4, 0.5) is 0 Å². The summed E-state index contributed by atoms with van der Waals surface area (Å²) in [5.74, 6) is 0. The second-order valence-electron chi connectivity index (χ2n) is 2.37. The summed E-state index contributed by atoms with van der Waals surface area (Å²) in [7, 11) is 9.62. The zero-order valence-corrected chi connectivity index (χ0v) is 5.44. The Morgan fingerprint density at radius 3 is 2.00 bits per heavy atom. The number of hydrogen-bond donors (Lipinski definition) is 0. The van der Waals surface area contributed by atoms with E-state index in [4.69, 9.17) is 7.85 Å². The van der Waals surface area contributed by atoms with Gasteiger partial charge in [0.1, 0.15) is 7.85 Å². The van der Waals surface area contributed by atoms with Crippen molar-refractivity contribution in [2.24, 2.45) is 0 Å². The molecule has 0 heterocycles. The van der Waals surface area contributed by atoms with Gasteiger partial charge in [-0.25, -0.2) is 0 Å². The molecule has 0 aliphatic heterocycles. The minimum atomic E-state index is 1.06. The van der Waals surface area contributed by atoms with Crippen molar-refractivity contribution in [3.8, 4) is 0 Å². The molecular formula is C6H10BN. The summed E-state index contributed by atoms with van der Waals surface area (Å²) in [4.78, 5) is 2.08. The summed E-state index contributed by atoms with van der Waals surface area (Å²) >= 11 is 0. The molecule has 1 rings (SSSR count). The van der Waals surface area contributed by atoms with Crippen molar-refractivity contribution in [3.05, 3.63) is 11.2 Å². The predicted molar refractivity (Wildman–Crippen MR) is 35.7 cm³/mol. The zero-order valence-electron chi connectivity index (χ0n) is 5.44. The summed E-state index contributed by atoms with van der Waals surface area (Å²) in [5, 5.41) is 0. The van der Waals surface area contributed by atoms with Crippen LogP contribution in [0.5, 0.6) is 0 Å². The Morgan fingerprint density at radius 2 is 2.00 bits per heavy atom. The summed E-state index contributed by atoms with van der Waals surface area (Å²) in [6.07, 6.45) is 2.26. The number of allylic oxidation sites excluding steroid dienone is 2. The van der Waals surface area contributed by atoms with Gasteiger partial charge in [-0.15, -0.1) is 0 Å². The first kappa shape index (κ1) is 5.74. The quantitative estimate of drug-likeness (QED) is 0.446. The first-order chi connectivity index (χ1) is 3.72. The zero-order chi connectivity index (χ0) is 6.15. The van der Waals surface area contributed by atoms with Gasteiger partial charge in [-0.2, -0.15) is 0 Å². The Morgan fingerprint density at radius 1 is 1.38 bits per heavy atom. The molecule has 8 heavy (non-hydrogen) atoms. The molecule has 1 nitrogen and oxygen atoms in total. The molecule has 0 amide bonds. The van der Waals surface area contributed by atoms with Gasteiger partial charge in [-0.3, -0.25) is 0 Å². The highest BCUT2D eigenvalue weighted by molar-refractivity contribution is 6.22. The third-order valence-corrected chi connectivity index (χ3v) is 1.54. The number of nitrogens with zero attached hydrogens (tertiary/aromatic N) is 1. The van der Waals surface area contributed by atoms with E-state index in [1.54, 1.807) is 0 Å². The van der Waals surface area contributed by atoms with Crippen LogP contribution in [0, 0.1) is 0 Å². The largest absolute Gasteiger partial charge is 0.382 e. The molecule has 0 fully saturated rings. The first-order valence-corrected chi connectivity index (χ1v) is 2.86. The van der Waals surface area contributed by atoms with Crippen molar-refractivity contribution >= 4 is 7.85 Å². The summed E-state index contributed by atoms with van der Waals surface area (Å²) in [6.45, 7) is 0. The molecule has 0 saturated heterocycles. The van der Waals surface area contributed by atoms with E-state index in [1.807, 2.05) is 14.1 Å². The van der Waals surface area contributed by atoms with Crippen LogP contribution in [-0.2, 0) is 0 Å². The second kappa shape index (κ2) is 1.84. The van der Waals surface area contributed by atoms with Gasteiger partial charge in [-0.1, -0.05) is 5.47 Å². The maximum Gasteiger partial charge on any atom is 0.110 e. The van der Waals surface area contributed by atoms with Gasteiger partial charge in [0, 0.05) is 19.8 Å². The van der Waals surface area contributed by atoms with Crippen molar-refractivity contribution < 1.29 is 0 Å². The van der Waals surface area contributed by atoms with E-state index in [0.717, 1.165) is 11.9 Å². The summed E-state index contributed by atoms with van der Waals surface area (Å²) in [6, 6.07) is 0. The van der Waals surface area contributed by atoms with Gasteiger partial charge in [0.2, 0.25) is 0 Å². The Kier molecular flexibility index (Phi) is 1.32. The molecule has 0 aromatic carbocycles. The molecule has 0 aromatic heterocycles. The topological polar surface area (TPSA) is 3.24 Å². The summed E-state index contributed by atoms with van der Waals surface area (Å²) < 4.78 is 0. The van der Waals surface area contributed by atoms with Gasteiger partial charge in [0.15, 0.2) is 0 Å². The van der Waals surface area contributed by atoms with E-state index < -0.39 is 0 Å². The van der Waals surface area contributed by atoms with E-state index in [9.17, 15) is 0 Å². The average molecular weight is 107 g/mol. The van der Waals surface area contributed by atoms with Crippen molar-refractivity contribution in [1.29, 1.82) is 0 Å². The molecule has 1 aliphatic rings. The number of hydrogen-bond acceptors (Lipinski definition) is 1. The normalized spacial score (nSPS) is 18.2. The van der Waals surface area contributed by atoms with E-state index >= 15 is 0 Å². The average Bonchev–Trinajstić information content (AvgIpc) is 1.61. The van der Waals surface area contributed by atoms with E-state index in [0.29, 0.717) is 0 Å². The van der Waals surface area contributed by atoms with Crippen molar-refractivity contribution in [2.75, 3.05) is 14.1 Å². The third kappa shape index (κ3) is 0.748. The molecule has 2 radical (unpaired) electrons.